The van der Waals surface area contributed by atoms with Gasteiger partial charge in [0.1, 0.15) is 11.5 Å². The van der Waals surface area contributed by atoms with E-state index in [9.17, 15) is 13.2 Å². The Kier molecular flexibility index (Phi) is 6.75. The lowest BCUT2D eigenvalue weighted by Gasteiger charge is -2.17. The van der Waals surface area contributed by atoms with Gasteiger partial charge in [-0.15, -0.1) is 5.10 Å². The highest BCUT2D eigenvalue weighted by Gasteiger charge is 2.24. The van der Waals surface area contributed by atoms with Crippen molar-refractivity contribution in [2.24, 2.45) is 0 Å². The van der Waals surface area contributed by atoms with E-state index in [0.717, 1.165) is 16.3 Å². The Morgan fingerprint density at radius 1 is 0.974 bits per heavy atom. The molecule has 38 heavy (non-hydrogen) atoms. The van der Waals surface area contributed by atoms with Crippen LogP contribution in [0.2, 0.25) is 0 Å². The predicted octanol–water partition coefficient (Wildman–Crippen LogP) is 3.97. The molecular weight excluding hydrogens is 500 g/mol. The molecule has 1 amide bonds. The molecule has 0 saturated carbocycles. The maximum Gasteiger partial charge on any atom is 0.251 e. The maximum absolute atomic E-state index is 13.3. The van der Waals surface area contributed by atoms with Gasteiger partial charge >= 0.3 is 0 Å². The van der Waals surface area contributed by atoms with Crippen molar-refractivity contribution in [3.05, 3.63) is 102 Å². The second kappa shape index (κ2) is 10.2. The fourth-order valence-electron chi connectivity index (χ4n) is 4.04. The van der Waals surface area contributed by atoms with Crippen molar-refractivity contribution in [2.75, 3.05) is 14.1 Å². The number of benzene rings is 3. The van der Waals surface area contributed by atoms with Crippen molar-refractivity contribution in [3.8, 4) is 17.2 Å². The van der Waals surface area contributed by atoms with E-state index in [2.05, 4.69) is 10.3 Å². The summed E-state index contributed by atoms with van der Waals surface area (Å²) >= 11 is 0. The van der Waals surface area contributed by atoms with Gasteiger partial charge in [-0.05, 0) is 54.8 Å². The second-order valence-corrected chi connectivity index (χ2v) is 10.9. The van der Waals surface area contributed by atoms with Gasteiger partial charge in [-0.1, -0.05) is 42.0 Å². The third-order valence-electron chi connectivity index (χ3n) is 6.23. The van der Waals surface area contributed by atoms with Gasteiger partial charge in [0.15, 0.2) is 0 Å². The molecule has 0 aliphatic carbocycles. The van der Waals surface area contributed by atoms with Crippen LogP contribution in [0.4, 0.5) is 0 Å². The van der Waals surface area contributed by atoms with E-state index in [4.69, 9.17) is 10.1 Å². The molecule has 0 saturated heterocycles. The zero-order chi connectivity index (χ0) is 26.9. The molecule has 5 rings (SSSR count). The second-order valence-electron chi connectivity index (χ2n) is 8.88. The number of hydrogen-bond donors (Lipinski definition) is 1. The molecule has 192 valence electrons. The normalized spacial score (nSPS) is 11.7. The lowest BCUT2D eigenvalue weighted by molar-refractivity contribution is 0.0963. The molecule has 5 aromatic rings. The van der Waals surface area contributed by atoms with Gasteiger partial charge < -0.3 is 5.32 Å². The lowest BCUT2D eigenvalue weighted by Crippen LogP contribution is -2.28. The van der Waals surface area contributed by atoms with E-state index >= 15 is 0 Å². The Hall–Kier alpha value is -4.41. The Morgan fingerprint density at radius 2 is 1.66 bits per heavy atom. The summed E-state index contributed by atoms with van der Waals surface area (Å²) in [5, 5.41) is 9.27. The van der Waals surface area contributed by atoms with E-state index in [-0.39, 0.29) is 17.3 Å². The van der Waals surface area contributed by atoms with E-state index in [1.54, 1.807) is 66.5 Å². The van der Waals surface area contributed by atoms with Crippen LogP contribution in [0.5, 0.6) is 0 Å². The monoisotopic (exact) mass is 526 g/mol. The minimum absolute atomic E-state index is 0.0337. The van der Waals surface area contributed by atoms with Crippen molar-refractivity contribution in [1.29, 1.82) is 0 Å². The summed E-state index contributed by atoms with van der Waals surface area (Å²) in [7, 11) is -0.696. The van der Waals surface area contributed by atoms with Crippen LogP contribution >= 0.6 is 0 Å². The maximum atomic E-state index is 13.3. The highest BCUT2D eigenvalue weighted by molar-refractivity contribution is 7.89. The number of nitrogens with zero attached hydrogens (tertiary/aromatic N) is 5. The van der Waals surface area contributed by atoms with Gasteiger partial charge in [-0.25, -0.2) is 18.1 Å². The van der Waals surface area contributed by atoms with Crippen LogP contribution in [-0.4, -0.2) is 52.5 Å². The van der Waals surface area contributed by atoms with Crippen LogP contribution in [0.3, 0.4) is 0 Å². The average molecular weight is 527 g/mol. The molecule has 0 radical (unpaired) electrons. The van der Waals surface area contributed by atoms with E-state index in [1.165, 1.54) is 11.4 Å². The molecular formula is C28H26N6O3S. The largest absolute Gasteiger partial charge is 0.355 e. The van der Waals surface area contributed by atoms with Gasteiger partial charge in [-0.3, -0.25) is 9.78 Å². The smallest absolute Gasteiger partial charge is 0.251 e. The minimum atomic E-state index is -3.77. The molecule has 0 atom stereocenters. The first-order chi connectivity index (χ1) is 18.3. The number of nitrogens with one attached hydrogen (secondary N) is 1. The first-order valence-electron chi connectivity index (χ1n) is 11.9. The number of carbonyl (C=O) groups is 1. The molecule has 0 fully saturated rings. The number of aryl methyl sites for hydroxylation is 1. The minimum Gasteiger partial charge on any atom is -0.355 e. The standard InChI is InChI=1S/C28H26N6O3S/c1-19-8-14-24(15-9-19)38(36,37)33(3)18-26-31-27(25-16-21-6-4-5-7-22(21)17-30-25)32-34(26)23-12-10-20(11-13-23)28(35)29-2/h4-17H,18H2,1-3H3,(H,29,35). The van der Waals surface area contributed by atoms with Crippen LogP contribution in [0, 0.1) is 6.92 Å². The molecule has 1 N–H and O–H groups in total. The van der Waals surface area contributed by atoms with Gasteiger partial charge in [0.2, 0.25) is 15.8 Å². The van der Waals surface area contributed by atoms with Gasteiger partial charge in [-0.2, -0.15) is 4.31 Å². The molecule has 9 nitrogen and oxygen atoms in total. The number of hydrogen-bond acceptors (Lipinski definition) is 6. The van der Waals surface area contributed by atoms with Crippen LogP contribution in [0.25, 0.3) is 28.0 Å². The first kappa shape index (κ1) is 25.2. The van der Waals surface area contributed by atoms with E-state index < -0.39 is 10.0 Å². The van der Waals surface area contributed by atoms with Crippen LogP contribution in [-0.2, 0) is 16.6 Å². The van der Waals surface area contributed by atoms with E-state index in [1.807, 2.05) is 37.3 Å². The summed E-state index contributed by atoms with van der Waals surface area (Å²) < 4.78 is 29.4. The number of aromatic nitrogens is 4. The van der Waals surface area contributed by atoms with Crippen molar-refractivity contribution >= 4 is 26.7 Å². The Morgan fingerprint density at radius 3 is 2.34 bits per heavy atom. The molecule has 0 aliphatic rings. The number of rotatable bonds is 7. The first-order valence-corrected chi connectivity index (χ1v) is 13.4. The molecule has 0 unspecified atom stereocenters. The zero-order valence-corrected chi connectivity index (χ0v) is 22.0. The number of amides is 1. The van der Waals surface area contributed by atoms with Gasteiger partial charge in [0.05, 0.1) is 17.1 Å². The summed E-state index contributed by atoms with van der Waals surface area (Å²) in [4.78, 5) is 21.4. The molecule has 0 spiro atoms. The summed E-state index contributed by atoms with van der Waals surface area (Å²) in [5.41, 5.74) is 2.66. The van der Waals surface area contributed by atoms with Gasteiger partial charge in [0.25, 0.3) is 5.91 Å². The molecule has 2 heterocycles. The Bertz CT molecular complexity index is 1730. The van der Waals surface area contributed by atoms with Crippen molar-refractivity contribution in [2.45, 2.75) is 18.4 Å². The predicted molar refractivity (Wildman–Crippen MR) is 145 cm³/mol. The Labute approximate surface area is 220 Å². The molecule has 0 aliphatic heterocycles. The molecule has 3 aromatic carbocycles. The molecule has 2 aromatic heterocycles. The third-order valence-corrected chi connectivity index (χ3v) is 8.05. The fourth-order valence-corrected chi connectivity index (χ4v) is 5.17. The number of pyridine rings is 1. The topological polar surface area (TPSA) is 110 Å². The highest BCUT2D eigenvalue weighted by atomic mass is 32.2. The average Bonchev–Trinajstić information content (AvgIpc) is 3.36. The number of sulfonamides is 1. The fraction of sp³-hybridized carbons (Fsp3) is 0.143. The summed E-state index contributed by atoms with van der Waals surface area (Å²) in [6, 6.07) is 23.3. The van der Waals surface area contributed by atoms with Crippen LogP contribution < -0.4 is 5.32 Å². The SMILES string of the molecule is CNC(=O)c1ccc(-n2nc(-c3cc4ccccc4cn3)nc2CN(C)S(=O)(=O)c2ccc(C)cc2)cc1. The number of fused-ring (bicyclic) bond motifs is 1. The molecule has 10 heteroatoms. The third kappa shape index (κ3) is 4.91. The summed E-state index contributed by atoms with van der Waals surface area (Å²) in [6.45, 7) is 1.87. The van der Waals surface area contributed by atoms with E-state index in [0.29, 0.717) is 28.6 Å². The van der Waals surface area contributed by atoms with Gasteiger partial charge in [0, 0.05) is 31.2 Å². The summed E-state index contributed by atoms with van der Waals surface area (Å²) in [6.07, 6.45) is 1.76. The van der Waals surface area contributed by atoms with Crippen LogP contribution in [0.15, 0.2) is 90.0 Å². The van der Waals surface area contributed by atoms with Crippen LogP contribution in [0.1, 0.15) is 21.7 Å². The lowest BCUT2D eigenvalue weighted by atomic mass is 10.1. The highest BCUT2D eigenvalue weighted by Crippen LogP contribution is 2.23. The number of carbonyl (C=O) groups excluding carboxylic acids is 1. The zero-order valence-electron chi connectivity index (χ0n) is 21.2. The quantitative estimate of drug-likeness (QED) is 0.344. The van der Waals surface area contributed by atoms with Crippen molar-refractivity contribution in [3.63, 3.8) is 0 Å². The van der Waals surface area contributed by atoms with Crippen molar-refractivity contribution in [1.82, 2.24) is 29.4 Å². The Balaban J connectivity index is 1.56. The van der Waals surface area contributed by atoms with Crippen molar-refractivity contribution < 1.29 is 13.2 Å². The summed E-state index contributed by atoms with van der Waals surface area (Å²) in [5.74, 6) is 0.559. The molecule has 0 bridgehead atoms.